The number of carbonyl (C=O) groups excluding carboxylic acids is 1. The van der Waals surface area contributed by atoms with E-state index in [9.17, 15) is 14.7 Å². The molecule has 0 unspecified atom stereocenters. The Kier molecular flexibility index (Phi) is 5.78. The predicted molar refractivity (Wildman–Crippen MR) is 128 cm³/mol. The zero-order valence-electron chi connectivity index (χ0n) is 17.8. The van der Waals surface area contributed by atoms with Crippen molar-refractivity contribution >= 4 is 34.2 Å². The van der Waals surface area contributed by atoms with E-state index in [2.05, 4.69) is 5.32 Å². The third kappa shape index (κ3) is 4.24. The average molecular weight is 439 g/mol. The van der Waals surface area contributed by atoms with Gasteiger partial charge in [-0.15, -0.1) is 0 Å². The summed E-state index contributed by atoms with van der Waals surface area (Å²) in [5.41, 5.74) is 7.87. The average Bonchev–Trinajstić information content (AvgIpc) is 2.83. The SMILES string of the molecule is COc1cccc2cc(C(=O)Nc3ccc(C(=N)N)cc3)c(-c3ccccc3C(=O)O)cc12. The van der Waals surface area contributed by atoms with Crippen LogP contribution in [-0.2, 0) is 0 Å². The fourth-order valence-electron chi connectivity index (χ4n) is 3.72. The minimum Gasteiger partial charge on any atom is -0.496 e. The molecule has 1 amide bonds. The topological polar surface area (TPSA) is 126 Å². The number of methoxy groups -OCH3 is 1. The van der Waals surface area contributed by atoms with Crippen LogP contribution in [0.4, 0.5) is 5.69 Å². The van der Waals surface area contributed by atoms with E-state index in [0.29, 0.717) is 33.7 Å². The lowest BCUT2D eigenvalue weighted by Gasteiger charge is -2.15. The van der Waals surface area contributed by atoms with Crippen molar-refractivity contribution in [3.05, 3.63) is 95.6 Å². The predicted octanol–water partition coefficient (Wildman–Crippen LogP) is 4.75. The molecule has 33 heavy (non-hydrogen) atoms. The number of carboxylic acid groups (broad SMARTS) is 1. The monoisotopic (exact) mass is 439 g/mol. The summed E-state index contributed by atoms with van der Waals surface area (Å²) in [6.45, 7) is 0. The maximum atomic E-state index is 13.3. The number of nitrogens with one attached hydrogen (secondary N) is 2. The molecule has 0 aliphatic heterocycles. The second kappa shape index (κ2) is 8.84. The third-order valence-corrected chi connectivity index (χ3v) is 5.34. The highest BCUT2D eigenvalue weighted by Crippen LogP contribution is 2.35. The zero-order valence-corrected chi connectivity index (χ0v) is 17.8. The molecular weight excluding hydrogens is 418 g/mol. The molecule has 4 aromatic rings. The highest BCUT2D eigenvalue weighted by molar-refractivity contribution is 6.13. The van der Waals surface area contributed by atoms with Crippen LogP contribution in [0.25, 0.3) is 21.9 Å². The number of benzene rings is 4. The van der Waals surface area contributed by atoms with Gasteiger partial charge < -0.3 is 20.9 Å². The van der Waals surface area contributed by atoms with Crippen molar-refractivity contribution in [2.75, 3.05) is 12.4 Å². The highest BCUT2D eigenvalue weighted by atomic mass is 16.5. The number of ether oxygens (including phenoxy) is 1. The van der Waals surface area contributed by atoms with Gasteiger partial charge in [-0.25, -0.2) is 4.79 Å². The van der Waals surface area contributed by atoms with Gasteiger partial charge in [0.05, 0.1) is 12.7 Å². The second-order valence-corrected chi connectivity index (χ2v) is 7.38. The van der Waals surface area contributed by atoms with Gasteiger partial charge in [0.25, 0.3) is 5.91 Å². The van der Waals surface area contributed by atoms with Gasteiger partial charge in [0.2, 0.25) is 0 Å². The Hall–Kier alpha value is -4.65. The van der Waals surface area contributed by atoms with Gasteiger partial charge in [0, 0.05) is 22.2 Å². The molecule has 5 N–H and O–H groups in total. The van der Waals surface area contributed by atoms with E-state index in [1.165, 1.54) is 6.07 Å². The lowest BCUT2D eigenvalue weighted by Crippen LogP contribution is -2.15. The lowest BCUT2D eigenvalue weighted by atomic mass is 9.91. The lowest BCUT2D eigenvalue weighted by molar-refractivity contribution is 0.0697. The van der Waals surface area contributed by atoms with E-state index in [1.54, 1.807) is 61.7 Å². The Balaban J connectivity index is 1.87. The van der Waals surface area contributed by atoms with Gasteiger partial charge in [0.15, 0.2) is 0 Å². The number of hydrogen-bond acceptors (Lipinski definition) is 4. The molecular formula is C26H21N3O4. The number of carbonyl (C=O) groups is 2. The molecule has 0 aromatic heterocycles. The molecule has 4 rings (SSSR count). The molecule has 4 aromatic carbocycles. The fourth-order valence-corrected chi connectivity index (χ4v) is 3.72. The second-order valence-electron chi connectivity index (χ2n) is 7.38. The summed E-state index contributed by atoms with van der Waals surface area (Å²) in [4.78, 5) is 25.2. The van der Waals surface area contributed by atoms with Crippen LogP contribution in [0.1, 0.15) is 26.3 Å². The highest BCUT2D eigenvalue weighted by Gasteiger charge is 2.20. The number of amides is 1. The largest absolute Gasteiger partial charge is 0.496 e. The molecule has 164 valence electrons. The Bertz CT molecular complexity index is 1390. The summed E-state index contributed by atoms with van der Waals surface area (Å²) < 4.78 is 5.48. The van der Waals surface area contributed by atoms with Gasteiger partial charge >= 0.3 is 5.97 Å². The molecule has 7 heteroatoms. The van der Waals surface area contributed by atoms with Crippen LogP contribution >= 0.6 is 0 Å². The van der Waals surface area contributed by atoms with Crippen molar-refractivity contribution in [2.24, 2.45) is 5.73 Å². The van der Waals surface area contributed by atoms with E-state index in [1.807, 2.05) is 18.2 Å². The first-order valence-corrected chi connectivity index (χ1v) is 10.1. The minimum absolute atomic E-state index is 0.0658. The third-order valence-electron chi connectivity index (χ3n) is 5.34. The molecule has 0 bridgehead atoms. The molecule has 0 atom stereocenters. The molecule has 0 heterocycles. The van der Waals surface area contributed by atoms with Gasteiger partial charge in [-0.1, -0.05) is 30.3 Å². The molecule has 0 spiro atoms. The van der Waals surface area contributed by atoms with Crippen molar-refractivity contribution in [1.29, 1.82) is 5.41 Å². The summed E-state index contributed by atoms with van der Waals surface area (Å²) in [5.74, 6) is -0.931. The Morgan fingerprint density at radius 3 is 2.30 bits per heavy atom. The first-order chi connectivity index (χ1) is 15.9. The number of nitrogens with two attached hydrogens (primary N) is 1. The van der Waals surface area contributed by atoms with Crippen LogP contribution in [0.15, 0.2) is 78.9 Å². The van der Waals surface area contributed by atoms with E-state index < -0.39 is 11.9 Å². The van der Waals surface area contributed by atoms with Crippen LogP contribution < -0.4 is 15.8 Å². The van der Waals surface area contributed by atoms with Crippen LogP contribution in [0, 0.1) is 5.41 Å². The van der Waals surface area contributed by atoms with Crippen molar-refractivity contribution in [2.45, 2.75) is 0 Å². The molecule has 0 fully saturated rings. The number of carboxylic acids is 1. The number of nitrogen functional groups attached to an aromatic ring is 1. The van der Waals surface area contributed by atoms with E-state index in [-0.39, 0.29) is 11.4 Å². The Labute approximate surface area is 189 Å². The number of fused-ring (bicyclic) bond motifs is 1. The van der Waals surface area contributed by atoms with Gasteiger partial charge in [0.1, 0.15) is 11.6 Å². The zero-order chi connectivity index (χ0) is 23.5. The number of anilines is 1. The summed E-state index contributed by atoms with van der Waals surface area (Å²) in [5, 5.41) is 21.6. The molecule has 0 aliphatic carbocycles. The fraction of sp³-hybridized carbons (Fsp3) is 0.0385. The molecule has 0 saturated heterocycles. The van der Waals surface area contributed by atoms with Crippen molar-refractivity contribution in [1.82, 2.24) is 0 Å². The summed E-state index contributed by atoms with van der Waals surface area (Å²) in [6, 6.07) is 22.2. The number of aromatic carboxylic acids is 1. The normalized spacial score (nSPS) is 10.6. The Morgan fingerprint density at radius 2 is 1.64 bits per heavy atom. The Morgan fingerprint density at radius 1 is 0.909 bits per heavy atom. The van der Waals surface area contributed by atoms with Crippen LogP contribution in [0.3, 0.4) is 0 Å². The maximum Gasteiger partial charge on any atom is 0.336 e. The van der Waals surface area contributed by atoms with Crippen molar-refractivity contribution < 1.29 is 19.4 Å². The molecule has 0 saturated carbocycles. The number of rotatable bonds is 6. The first kappa shape index (κ1) is 21.6. The van der Waals surface area contributed by atoms with Crippen molar-refractivity contribution in [3.63, 3.8) is 0 Å². The maximum absolute atomic E-state index is 13.3. The van der Waals surface area contributed by atoms with E-state index in [0.717, 1.165) is 10.8 Å². The van der Waals surface area contributed by atoms with E-state index >= 15 is 0 Å². The first-order valence-electron chi connectivity index (χ1n) is 10.1. The van der Waals surface area contributed by atoms with Gasteiger partial charge in [-0.2, -0.15) is 0 Å². The van der Waals surface area contributed by atoms with Gasteiger partial charge in [-0.05, 0) is 65.0 Å². The summed E-state index contributed by atoms with van der Waals surface area (Å²) in [6.07, 6.45) is 0. The van der Waals surface area contributed by atoms with Crippen LogP contribution in [0.2, 0.25) is 0 Å². The van der Waals surface area contributed by atoms with Crippen LogP contribution in [0.5, 0.6) is 5.75 Å². The molecule has 0 aliphatic rings. The number of amidine groups is 1. The number of hydrogen-bond donors (Lipinski definition) is 4. The van der Waals surface area contributed by atoms with Crippen molar-refractivity contribution in [3.8, 4) is 16.9 Å². The smallest absolute Gasteiger partial charge is 0.336 e. The minimum atomic E-state index is -1.09. The van der Waals surface area contributed by atoms with E-state index in [4.69, 9.17) is 15.9 Å². The van der Waals surface area contributed by atoms with Crippen LogP contribution in [-0.4, -0.2) is 29.9 Å². The standard InChI is InChI=1S/C26H21N3O4/c1-33-23-8-4-5-16-13-22(25(30)29-17-11-9-15(10-12-17)24(27)28)21(14-20(16)23)18-6-2-3-7-19(18)26(31)32/h2-14H,1H3,(H3,27,28)(H,29,30)(H,31,32). The molecule has 7 nitrogen and oxygen atoms in total. The quantitative estimate of drug-likeness (QED) is 0.255. The summed E-state index contributed by atoms with van der Waals surface area (Å²) >= 11 is 0. The van der Waals surface area contributed by atoms with Gasteiger partial charge in [-0.3, -0.25) is 10.2 Å². The molecule has 0 radical (unpaired) electrons. The summed E-state index contributed by atoms with van der Waals surface area (Å²) in [7, 11) is 1.56.